The number of anilines is 2. The van der Waals surface area contributed by atoms with Crippen molar-refractivity contribution in [1.29, 1.82) is 0 Å². The van der Waals surface area contributed by atoms with Gasteiger partial charge in [-0.15, -0.1) is 0 Å². The summed E-state index contributed by atoms with van der Waals surface area (Å²) in [5.41, 5.74) is 10.3. The van der Waals surface area contributed by atoms with Gasteiger partial charge in [0.1, 0.15) is 0 Å². The number of urea groups is 2. The van der Waals surface area contributed by atoms with Crippen LogP contribution in [0.1, 0.15) is 25.7 Å². The van der Waals surface area contributed by atoms with Gasteiger partial charge in [0.2, 0.25) is 11.8 Å². The first-order chi connectivity index (χ1) is 14.5. The second-order valence-electron chi connectivity index (χ2n) is 6.19. The molecule has 158 valence electrons. The van der Waals surface area contributed by atoms with Crippen molar-refractivity contribution in [2.24, 2.45) is 0 Å². The minimum absolute atomic E-state index is 0.140. The van der Waals surface area contributed by atoms with E-state index in [1.807, 2.05) is 12.1 Å². The highest BCUT2D eigenvalue weighted by Crippen LogP contribution is 2.05. The van der Waals surface area contributed by atoms with Crippen LogP contribution in [0.5, 0.6) is 0 Å². The summed E-state index contributed by atoms with van der Waals surface area (Å²) >= 11 is 0. The molecule has 6 N–H and O–H groups in total. The third-order valence-electron chi connectivity index (χ3n) is 3.75. The third kappa shape index (κ3) is 9.22. The standard InChI is InChI=1S/C20H24N6O4/c27-17(23-25-19(29)21-15-9-3-1-4-10-15)13-7-8-14-18(28)24-26-20(30)22-16-11-5-2-6-12-16/h1-6,9-12H,7-8,13-14H2,(H,23,27)(H,24,28)(H2,21,25,29)(H2,22,26,30). The first kappa shape index (κ1) is 22.2. The predicted octanol–water partition coefficient (Wildman–Crippen LogP) is 2.25. The Morgan fingerprint density at radius 1 is 0.533 bits per heavy atom. The minimum Gasteiger partial charge on any atom is -0.307 e. The maximum atomic E-state index is 11.7. The van der Waals surface area contributed by atoms with Crippen molar-refractivity contribution in [2.45, 2.75) is 25.7 Å². The average molecular weight is 412 g/mol. The SMILES string of the molecule is O=C(CCCCC(=O)NNC(=O)Nc1ccccc1)NNC(=O)Nc1ccccc1. The van der Waals surface area contributed by atoms with Crippen LogP contribution in [0.2, 0.25) is 0 Å². The van der Waals surface area contributed by atoms with E-state index in [1.165, 1.54) is 0 Å². The second kappa shape index (κ2) is 12.4. The monoisotopic (exact) mass is 412 g/mol. The highest BCUT2D eigenvalue weighted by atomic mass is 16.2. The fourth-order valence-electron chi connectivity index (χ4n) is 2.32. The lowest BCUT2D eigenvalue weighted by atomic mass is 10.2. The predicted molar refractivity (Wildman–Crippen MR) is 112 cm³/mol. The molecule has 30 heavy (non-hydrogen) atoms. The highest BCUT2D eigenvalue weighted by Gasteiger charge is 2.07. The summed E-state index contributed by atoms with van der Waals surface area (Å²) in [6.07, 6.45) is 1.16. The van der Waals surface area contributed by atoms with Crippen molar-refractivity contribution in [3.05, 3.63) is 60.7 Å². The van der Waals surface area contributed by atoms with Crippen molar-refractivity contribution in [2.75, 3.05) is 10.6 Å². The minimum atomic E-state index is -0.561. The first-order valence-corrected chi connectivity index (χ1v) is 9.34. The van der Waals surface area contributed by atoms with Gasteiger partial charge in [-0.2, -0.15) is 0 Å². The van der Waals surface area contributed by atoms with Crippen LogP contribution >= 0.6 is 0 Å². The number of rotatable bonds is 7. The highest BCUT2D eigenvalue weighted by molar-refractivity contribution is 5.91. The largest absolute Gasteiger partial charge is 0.337 e. The summed E-state index contributed by atoms with van der Waals surface area (Å²) in [6.45, 7) is 0. The summed E-state index contributed by atoms with van der Waals surface area (Å²) in [5, 5.41) is 5.12. The number of nitrogens with one attached hydrogen (secondary N) is 6. The number of amides is 6. The van der Waals surface area contributed by atoms with Crippen LogP contribution in [0.15, 0.2) is 60.7 Å². The molecule has 6 amide bonds. The molecule has 0 atom stereocenters. The van der Waals surface area contributed by atoms with Crippen LogP contribution in [-0.2, 0) is 9.59 Å². The molecule has 0 radical (unpaired) electrons. The Morgan fingerprint density at radius 3 is 1.27 bits per heavy atom. The van der Waals surface area contributed by atoms with Gasteiger partial charge < -0.3 is 10.6 Å². The summed E-state index contributed by atoms with van der Waals surface area (Å²) in [6, 6.07) is 16.5. The Hall–Kier alpha value is -4.08. The maximum absolute atomic E-state index is 11.7. The molecule has 0 spiro atoms. The van der Waals surface area contributed by atoms with Crippen molar-refractivity contribution < 1.29 is 19.2 Å². The summed E-state index contributed by atoms with van der Waals surface area (Å²) in [5.74, 6) is -0.752. The van der Waals surface area contributed by atoms with Crippen LogP contribution in [0.4, 0.5) is 21.0 Å². The normalized spacial score (nSPS) is 9.73. The molecular weight excluding hydrogens is 388 g/mol. The number of carbonyl (C=O) groups excluding carboxylic acids is 4. The molecule has 10 heteroatoms. The fraction of sp³-hybridized carbons (Fsp3) is 0.200. The van der Waals surface area contributed by atoms with E-state index in [2.05, 4.69) is 32.3 Å². The van der Waals surface area contributed by atoms with Crippen LogP contribution in [0, 0.1) is 0 Å². The van der Waals surface area contributed by atoms with E-state index in [0.29, 0.717) is 24.2 Å². The van der Waals surface area contributed by atoms with Crippen molar-refractivity contribution in [1.82, 2.24) is 21.7 Å². The molecule has 0 aliphatic rings. The van der Waals surface area contributed by atoms with E-state index in [9.17, 15) is 19.2 Å². The van der Waals surface area contributed by atoms with Gasteiger partial charge in [-0.05, 0) is 37.1 Å². The lowest BCUT2D eigenvalue weighted by molar-refractivity contribution is -0.123. The van der Waals surface area contributed by atoms with Gasteiger partial charge in [-0.3, -0.25) is 20.4 Å². The molecule has 0 unspecified atom stereocenters. The molecule has 0 aliphatic carbocycles. The van der Waals surface area contributed by atoms with E-state index in [4.69, 9.17) is 0 Å². The van der Waals surface area contributed by atoms with E-state index in [-0.39, 0.29) is 24.7 Å². The van der Waals surface area contributed by atoms with E-state index in [1.54, 1.807) is 48.5 Å². The number of carbonyl (C=O) groups is 4. The van der Waals surface area contributed by atoms with E-state index >= 15 is 0 Å². The van der Waals surface area contributed by atoms with Gasteiger partial charge in [0, 0.05) is 24.2 Å². The van der Waals surface area contributed by atoms with Gasteiger partial charge in [0.05, 0.1) is 0 Å². The van der Waals surface area contributed by atoms with Gasteiger partial charge in [0.15, 0.2) is 0 Å². The summed E-state index contributed by atoms with van der Waals surface area (Å²) in [7, 11) is 0. The van der Waals surface area contributed by atoms with Gasteiger partial charge in [0.25, 0.3) is 0 Å². The molecule has 0 aliphatic heterocycles. The Balaban J connectivity index is 1.50. The smallest absolute Gasteiger partial charge is 0.307 e. The third-order valence-corrected chi connectivity index (χ3v) is 3.75. The Bertz CT molecular complexity index is 773. The number of unbranched alkanes of at least 4 members (excludes halogenated alkanes) is 1. The second-order valence-corrected chi connectivity index (χ2v) is 6.19. The van der Waals surface area contributed by atoms with Crippen LogP contribution < -0.4 is 32.3 Å². The number of benzene rings is 2. The van der Waals surface area contributed by atoms with Crippen LogP contribution in [0.3, 0.4) is 0 Å². The molecule has 0 heterocycles. The lowest BCUT2D eigenvalue weighted by Gasteiger charge is -2.09. The molecule has 0 fully saturated rings. The number of hydrogen-bond donors (Lipinski definition) is 6. The Labute approximate surface area is 173 Å². The molecule has 0 bridgehead atoms. The van der Waals surface area contributed by atoms with Crippen molar-refractivity contribution in [3.63, 3.8) is 0 Å². The zero-order valence-corrected chi connectivity index (χ0v) is 16.2. The molecule has 2 rings (SSSR count). The van der Waals surface area contributed by atoms with Crippen molar-refractivity contribution >= 4 is 35.3 Å². The topological polar surface area (TPSA) is 140 Å². The molecular formula is C20H24N6O4. The van der Waals surface area contributed by atoms with Crippen molar-refractivity contribution in [3.8, 4) is 0 Å². The van der Waals surface area contributed by atoms with Gasteiger partial charge in [-0.25, -0.2) is 20.4 Å². The molecule has 10 nitrogen and oxygen atoms in total. The molecule has 0 saturated heterocycles. The lowest BCUT2D eigenvalue weighted by Crippen LogP contribution is -2.44. The van der Waals surface area contributed by atoms with Crippen LogP contribution in [-0.4, -0.2) is 23.9 Å². The maximum Gasteiger partial charge on any atom is 0.337 e. The molecule has 0 aromatic heterocycles. The van der Waals surface area contributed by atoms with E-state index in [0.717, 1.165) is 0 Å². The van der Waals surface area contributed by atoms with Gasteiger partial charge in [-0.1, -0.05) is 36.4 Å². The molecule has 0 saturated carbocycles. The zero-order chi connectivity index (χ0) is 21.6. The zero-order valence-electron chi connectivity index (χ0n) is 16.2. The van der Waals surface area contributed by atoms with E-state index < -0.39 is 12.1 Å². The molecule has 2 aromatic rings. The number of hydrazine groups is 2. The fourth-order valence-corrected chi connectivity index (χ4v) is 2.32. The Morgan fingerprint density at radius 2 is 0.900 bits per heavy atom. The van der Waals surface area contributed by atoms with Gasteiger partial charge >= 0.3 is 12.1 Å². The Kier molecular flexibility index (Phi) is 9.18. The number of hydrogen-bond acceptors (Lipinski definition) is 4. The summed E-state index contributed by atoms with van der Waals surface area (Å²) < 4.78 is 0. The molecule has 2 aromatic carbocycles. The quantitative estimate of drug-likeness (QED) is 0.306. The average Bonchev–Trinajstić information content (AvgIpc) is 2.75. The first-order valence-electron chi connectivity index (χ1n) is 9.34. The number of para-hydroxylation sites is 2. The van der Waals surface area contributed by atoms with Crippen LogP contribution in [0.25, 0.3) is 0 Å². The summed E-state index contributed by atoms with van der Waals surface area (Å²) in [4.78, 5) is 46.7.